The molecule has 0 radical (unpaired) electrons. The van der Waals surface area contributed by atoms with Crippen LogP contribution in [0.5, 0.6) is 0 Å². The normalized spacial score (nSPS) is 26.9. The average Bonchev–Trinajstić information content (AvgIpc) is 2.29. The second kappa shape index (κ2) is 5.43. The summed E-state index contributed by atoms with van der Waals surface area (Å²) in [5, 5.41) is 9.14. The molecule has 1 saturated heterocycles. The molecule has 0 unspecified atom stereocenters. The molecule has 2 rings (SSSR count). The molecule has 3 nitrogen and oxygen atoms in total. The number of aliphatic hydroxyl groups excluding tert-OH is 1. The summed E-state index contributed by atoms with van der Waals surface area (Å²) < 4.78 is 5.61. The Morgan fingerprint density at radius 2 is 2.06 bits per heavy atom. The van der Waals surface area contributed by atoms with Crippen molar-refractivity contribution in [1.29, 1.82) is 0 Å². The lowest BCUT2D eigenvalue weighted by Crippen LogP contribution is -2.47. The molecule has 1 aliphatic heterocycles. The molecule has 0 saturated carbocycles. The summed E-state index contributed by atoms with van der Waals surface area (Å²) in [6.45, 7) is 4.85. The van der Waals surface area contributed by atoms with Crippen LogP contribution in [0.1, 0.15) is 12.5 Å². The Bertz CT molecular complexity index is 315. The number of aliphatic hydroxyl groups is 1. The predicted molar refractivity (Wildman–Crippen MR) is 63.1 cm³/mol. The number of nitrogens with zero attached hydrogens (tertiary/aromatic N) is 1. The smallest absolute Gasteiger partial charge is 0.0936 e. The van der Waals surface area contributed by atoms with E-state index < -0.39 is 0 Å². The van der Waals surface area contributed by atoms with Gasteiger partial charge in [-0.25, -0.2) is 0 Å². The van der Waals surface area contributed by atoms with Gasteiger partial charge >= 0.3 is 0 Å². The minimum atomic E-state index is -0.0348. The van der Waals surface area contributed by atoms with Gasteiger partial charge in [-0.15, -0.1) is 0 Å². The molecular formula is C13H19NO2. The topological polar surface area (TPSA) is 32.7 Å². The molecule has 1 aromatic rings. The highest BCUT2D eigenvalue weighted by atomic mass is 16.5. The summed E-state index contributed by atoms with van der Waals surface area (Å²) in [6, 6.07) is 10.4. The Balaban J connectivity index is 1.94. The van der Waals surface area contributed by atoms with Gasteiger partial charge in [-0.2, -0.15) is 0 Å². The van der Waals surface area contributed by atoms with Crippen LogP contribution < -0.4 is 0 Å². The zero-order chi connectivity index (χ0) is 11.4. The Morgan fingerprint density at radius 3 is 2.75 bits per heavy atom. The highest BCUT2D eigenvalue weighted by Crippen LogP contribution is 2.13. The van der Waals surface area contributed by atoms with Gasteiger partial charge in [0.25, 0.3) is 0 Å². The van der Waals surface area contributed by atoms with E-state index in [1.807, 2.05) is 6.07 Å². The molecule has 0 bridgehead atoms. The second-order valence-electron chi connectivity index (χ2n) is 4.43. The van der Waals surface area contributed by atoms with Crippen molar-refractivity contribution < 1.29 is 9.84 Å². The number of morpholine rings is 1. The van der Waals surface area contributed by atoms with Gasteiger partial charge in [0.1, 0.15) is 0 Å². The quantitative estimate of drug-likeness (QED) is 0.834. The largest absolute Gasteiger partial charge is 0.394 e. The number of hydrogen-bond acceptors (Lipinski definition) is 3. The van der Waals surface area contributed by atoms with Gasteiger partial charge in [-0.3, -0.25) is 4.90 Å². The molecular weight excluding hydrogens is 202 g/mol. The minimum Gasteiger partial charge on any atom is -0.394 e. The van der Waals surface area contributed by atoms with Gasteiger partial charge < -0.3 is 9.84 Å². The lowest BCUT2D eigenvalue weighted by Gasteiger charge is -2.36. The monoisotopic (exact) mass is 221 g/mol. The summed E-state index contributed by atoms with van der Waals surface area (Å²) in [5.74, 6) is 0. The molecule has 1 N–H and O–H groups in total. The molecule has 88 valence electrons. The fraction of sp³-hybridized carbons (Fsp3) is 0.538. The standard InChI is InChI=1S/C13H19NO2/c1-11-7-14(9-13(10-15)16-11)8-12-5-3-2-4-6-12/h2-6,11,13,15H,7-10H2,1H3/t11-,13+/m0/s1. The summed E-state index contributed by atoms with van der Waals surface area (Å²) in [4.78, 5) is 2.34. The predicted octanol–water partition coefficient (Wildman–Crippen LogP) is 1.27. The van der Waals surface area contributed by atoms with Crippen LogP contribution in [0.3, 0.4) is 0 Å². The van der Waals surface area contributed by atoms with Crippen LogP contribution in [0.15, 0.2) is 30.3 Å². The van der Waals surface area contributed by atoms with E-state index in [0.29, 0.717) is 0 Å². The first kappa shape index (κ1) is 11.6. The van der Waals surface area contributed by atoms with E-state index in [-0.39, 0.29) is 18.8 Å². The van der Waals surface area contributed by atoms with Gasteiger partial charge in [0.2, 0.25) is 0 Å². The van der Waals surface area contributed by atoms with E-state index in [2.05, 4.69) is 36.1 Å². The first-order chi connectivity index (χ1) is 7.78. The van der Waals surface area contributed by atoms with Crippen molar-refractivity contribution in [2.45, 2.75) is 25.7 Å². The Labute approximate surface area is 96.6 Å². The van der Waals surface area contributed by atoms with Gasteiger partial charge in [-0.05, 0) is 12.5 Å². The number of rotatable bonds is 3. The molecule has 16 heavy (non-hydrogen) atoms. The van der Waals surface area contributed by atoms with Crippen molar-refractivity contribution in [1.82, 2.24) is 4.90 Å². The van der Waals surface area contributed by atoms with Crippen molar-refractivity contribution in [2.75, 3.05) is 19.7 Å². The van der Waals surface area contributed by atoms with Crippen LogP contribution in [0.2, 0.25) is 0 Å². The summed E-state index contributed by atoms with van der Waals surface area (Å²) in [5.41, 5.74) is 1.31. The van der Waals surface area contributed by atoms with Crippen LogP contribution in [0.4, 0.5) is 0 Å². The van der Waals surface area contributed by atoms with Crippen LogP contribution in [-0.2, 0) is 11.3 Å². The first-order valence-corrected chi connectivity index (χ1v) is 5.80. The maximum atomic E-state index is 9.14. The van der Waals surface area contributed by atoms with Gasteiger partial charge in [0.15, 0.2) is 0 Å². The number of ether oxygens (including phenoxy) is 1. The molecule has 0 spiro atoms. The highest BCUT2D eigenvalue weighted by molar-refractivity contribution is 5.14. The molecule has 1 aliphatic rings. The third-order valence-electron chi connectivity index (χ3n) is 2.85. The summed E-state index contributed by atoms with van der Waals surface area (Å²) >= 11 is 0. The third kappa shape index (κ3) is 3.04. The Hall–Kier alpha value is -0.900. The van der Waals surface area contributed by atoms with Crippen molar-refractivity contribution in [3.63, 3.8) is 0 Å². The van der Waals surface area contributed by atoms with Crippen molar-refractivity contribution in [2.24, 2.45) is 0 Å². The fourth-order valence-corrected chi connectivity index (χ4v) is 2.21. The van der Waals surface area contributed by atoms with Crippen molar-refractivity contribution in [3.05, 3.63) is 35.9 Å². The average molecular weight is 221 g/mol. The molecule has 0 amide bonds. The van der Waals surface area contributed by atoms with Crippen LogP contribution in [-0.4, -0.2) is 41.9 Å². The van der Waals surface area contributed by atoms with Crippen molar-refractivity contribution >= 4 is 0 Å². The van der Waals surface area contributed by atoms with E-state index in [0.717, 1.165) is 19.6 Å². The van der Waals surface area contributed by atoms with Gasteiger partial charge in [-0.1, -0.05) is 30.3 Å². The van der Waals surface area contributed by atoms with E-state index in [9.17, 15) is 0 Å². The first-order valence-electron chi connectivity index (χ1n) is 5.80. The molecule has 3 heteroatoms. The van der Waals surface area contributed by atoms with E-state index in [1.165, 1.54) is 5.56 Å². The van der Waals surface area contributed by atoms with E-state index in [4.69, 9.17) is 9.84 Å². The molecule has 0 aromatic heterocycles. The highest BCUT2D eigenvalue weighted by Gasteiger charge is 2.24. The van der Waals surface area contributed by atoms with Crippen LogP contribution in [0.25, 0.3) is 0 Å². The maximum absolute atomic E-state index is 9.14. The van der Waals surface area contributed by atoms with Crippen molar-refractivity contribution in [3.8, 4) is 0 Å². The summed E-state index contributed by atoms with van der Waals surface area (Å²) in [7, 11) is 0. The third-order valence-corrected chi connectivity index (χ3v) is 2.85. The van der Waals surface area contributed by atoms with Gasteiger partial charge in [0, 0.05) is 19.6 Å². The lowest BCUT2D eigenvalue weighted by atomic mass is 10.1. The molecule has 1 aromatic carbocycles. The maximum Gasteiger partial charge on any atom is 0.0936 e. The zero-order valence-electron chi connectivity index (χ0n) is 9.67. The fourth-order valence-electron chi connectivity index (χ4n) is 2.21. The number of benzene rings is 1. The lowest BCUT2D eigenvalue weighted by molar-refractivity contribution is -0.0972. The second-order valence-corrected chi connectivity index (χ2v) is 4.43. The Kier molecular flexibility index (Phi) is 3.93. The molecule has 1 heterocycles. The van der Waals surface area contributed by atoms with E-state index in [1.54, 1.807) is 0 Å². The van der Waals surface area contributed by atoms with Crippen LogP contribution in [0, 0.1) is 0 Å². The van der Waals surface area contributed by atoms with Crippen LogP contribution >= 0.6 is 0 Å². The Morgan fingerprint density at radius 1 is 1.31 bits per heavy atom. The number of hydrogen-bond donors (Lipinski definition) is 1. The SMILES string of the molecule is C[C@H]1CN(Cc2ccccc2)C[C@H](CO)O1. The van der Waals surface area contributed by atoms with Gasteiger partial charge in [0.05, 0.1) is 18.8 Å². The minimum absolute atomic E-state index is 0.0348. The summed E-state index contributed by atoms with van der Waals surface area (Å²) in [6.07, 6.45) is 0.169. The molecule has 2 atom stereocenters. The molecule has 0 aliphatic carbocycles. The zero-order valence-corrected chi connectivity index (χ0v) is 9.67. The molecule has 1 fully saturated rings. The van der Waals surface area contributed by atoms with E-state index >= 15 is 0 Å².